The third kappa shape index (κ3) is 10.9. The zero-order valence-electron chi connectivity index (χ0n) is 32.6. The molecule has 4 aromatic rings. The van der Waals surface area contributed by atoms with Gasteiger partial charge >= 0.3 is 18.4 Å². The highest BCUT2D eigenvalue weighted by Gasteiger charge is 2.38. The fourth-order valence-electron chi connectivity index (χ4n) is 6.82. The Balaban J connectivity index is 1.23. The normalized spacial score (nSPS) is 15.2. The molecule has 1 aliphatic rings. The molecule has 0 bridgehead atoms. The average Bonchev–Trinajstić information content (AvgIpc) is 3.99. The molecule has 0 radical (unpaired) electrons. The number of carbonyl (C=O) groups is 4. The van der Waals surface area contributed by atoms with Gasteiger partial charge in [-0.3, -0.25) is 9.59 Å². The van der Waals surface area contributed by atoms with Gasteiger partial charge in [0.25, 0.3) is 0 Å². The maximum absolute atomic E-state index is 13.5. The number of methoxy groups -OCH3 is 2. The number of ether oxygens (including phenoxy) is 2. The molecule has 57 heavy (non-hydrogen) atoms. The Labute approximate surface area is 328 Å². The molecule has 1 saturated heterocycles. The van der Waals surface area contributed by atoms with Gasteiger partial charge < -0.3 is 39.9 Å². The first-order valence-electron chi connectivity index (χ1n) is 18.9. The van der Waals surface area contributed by atoms with Crippen LogP contribution in [0.25, 0.3) is 33.6 Å². The topological polar surface area (TPSA) is 175 Å². The molecule has 17 heteroatoms. The van der Waals surface area contributed by atoms with Crippen LogP contribution in [0, 0.1) is 5.92 Å². The van der Waals surface area contributed by atoms with Crippen molar-refractivity contribution in [2.45, 2.75) is 83.7 Å². The number of carbonyl (C=O) groups excluding carboxylic acids is 4. The number of likely N-dealkylation sites (tertiary alicyclic amines) is 1. The van der Waals surface area contributed by atoms with Crippen molar-refractivity contribution in [3.8, 4) is 33.6 Å². The van der Waals surface area contributed by atoms with Crippen LogP contribution in [0.2, 0.25) is 0 Å². The molecular formula is C40H49F3N8O6. The number of aromatic nitrogens is 4. The lowest BCUT2D eigenvalue weighted by Crippen LogP contribution is -2.51. The summed E-state index contributed by atoms with van der Waals surface area (Å²) in [6.45, 7) is 6.40. The Morgan fingerprint density at radius 2 is 1.44 bits per heavy atom. The van der Waals surface area contributed by atoms with Crippen molar-refractivity contribution in [3.05, 3.63) is 72.6 Å². The number of benzene rings is 2. The minimum atomic E-state index is -4.50. The minimum absolute atomic E-state index is 0.00443. The van der Waals surface area contributed by atoms with Crippen molar-refractivity contribution in [1.29, 1.82) is 0 Å². The smallest absolute Gasteiger partial charge is 0.407 e. The number of hydrogen-bond donors (Lipinski definition) is 4. The Kier molecular flexibility index (Phi) is 14.0. The molecular weight excluding hydrogens is 745 g/mol. The number of alkyl halides is 3. The summed E-state index contributed by atoms with van der Waals surface area (Å²) < 4.78 is 48.2. The monoisotopic (exact) mass is 794 g/mol. The van der Waals surface area contributed by atoms with E-state index in [0.29, 0.717) is 30.3 Å². The van der Waals surface area contributed by atoms with Gasteiger partial charge in [-0.15, -0.1) is 0 Å². The van der Waals surface area contributed by atoms with Crippen molar-refractivity contribution in [3.63, 3.8) is 0 Å². The second kappa shape index (κ2) is 18.8. The predicted molar refractivity (Wildman–Crippen MR) is 205 cm³/mol. The zero-order chi connectivity index (χ0) is 41.3. The predicted octanol–water partition coefficient (Wildman–Crippen LogP) is 6.98. The molecule has 1 fully saturated rings. The molecule has 0 unspecified atom stereocenters. The van der Waals surface area contributed by atoms with E-state index in [-0.39, 0.29) is 31.0 Å². The van der Waals surface area contributed by atoms with Crippen LogP contribution in [0.3, 0.4) is 0 Å². The van der Waals surface area contributed by atoms with Crippen LogP contribution in [0.15, 0.2) is 60.9 Å². The van der Waals surface area contributed by atoms with Crippen molar-refractivity contribution in [2.24, 2.45) is 5.92 Å². The van der Waals surface area contributed by atoms with E-state index in [1.807, 2.05) is 69.3 Å². The minimum Gasteiger partial charge on any atom is -0.453 e. The molecule has 4 N–H and O–H groups in total. The largest absolute Gasteiger partial charge is 0.453 e. The highest BCUT2D eigenvalue weighted by atomic mass is 19.4. The number of halogens is 3. The van der Waals surface area contributed by atoms with E-state index >= 15 is 0 Å². The van der Waals surface area contributed by atoms with Gasteiger partial charge in [0.05, 0.1) is 50.6 Å². The molecule has 306 valence electrons. The number of amides is 4. The summed E-state index contributed by atoms with van der Waals surface area (Å²) in [5, 5.41) is 4.91. The summed E-state index contributed by atoms with van der Waals surface area (Å²) in [5.41, 5.74) is 5.21. The third-order valence-corrected chi connectivity index (χ3v) is 9.83. The quantitative estimate of drug-likeness (QED) is 0.0997. The fraction of sp³-hybridized carbons (Fsp3) is 0.450. The van der Waals surface area contributed by atoms with E-state index in [1.165, 1.54) is 12.0 Å². The van der Waals surface area contributed by atoms with Crippen LogP contribution in [0.5, 0.6) is 0 Å². The van der Waals surface area contributed by atoms with Gasteiger partial charge in [0, 0.05) is 19.5 Å². The van der Waals surface area contributed by atoms with Gasteiger partial charge in [0.15, 0.2) is 0 Å². The van der Waals surface area contributed by atoms with Crippen LogP contribution in [-0.2, 0) is 25.6 Å². The molecule has 3 atom stereocenters. The van der Waals surface area contributed by atoms with Crippen LogP contribution < -0.4 is 10.6 Å². The third-order valence-electron chi connectivity index (χ3n) is 9.83. The molecule has 5 rings (SSSR count). The number of nitrogens with zero attached hydrogens (tertiary/aromatic N) is 4. The molecule has 14 nitrogen and oxygen atoms in total. The first kappa shape index (κ1) is 42.3. The van der Waals surface area contributed by atoms with Gasteiger partial charge in [0.2, 0.25) is 11.8 Å². The van der Waals surface area contributed by atoms with E-state index in [1.54, 1.807) is 17.3 Å². The summed E-state index contributed by atoms with van der Waals surface area (Å²) in [4.78, 5) is 69.4. The molecule has 2 aromatic carbocycles. The lowest BCUT2D eigenvalue weighted by atomic mass is 10.0. The molecule has 4 amide bonds. The number of alkyl carbamates (subject to hydrolysis) is 2. The van der Waals surface area contributed by atoms with Crippen LogP contribution in [-0.4, -0.2) is 99.3 Å². The maximum atomic E-state index is 13.5. The first-order chi connectivity index (χ1) is 27.2. The zero-order valence-corrected chi connectivity index (χ0v) is 32.6. The fourth-order valence-corrected chi connectivity index (χ4v) is 6.82. The summed E-state index contributed by atoms with van der Waals surface area (Å²) in [7, 11) is 2.34. The summed E-state index contributed by atoms with van der Waals surface area (Å²) in [6.07, 6.45) is -2.52. The number of aromatic amines is 2. The van der Waals surface area contributed by atoms with E-state index in [2.05, 4.69) is 35.3 Å². The second-order valence-corrected chi connectivity index (χ2v) is 14.2. The number of rotatable bonds is 15. The maximum Gasteiger partial charge on any atom is 0.407 e. The molecule has 0 spiro atoms. The Morgan fingerprint density at radius 1 is 0.877 bits per heavy atom. The van der Waals surface area contributed by atoms with E-state index in [0.717, 1.165) is 47.9 Å². The molecule has 1 aliphatic heterocycles. The standard InChI is InChI=1S/C40H49F3N8O6/c1-6-19-50(36(52)29(48-38(54)56-4)17-18-40(41,42)43)23-33-44-21-30(46-33)27-13-9-25(10-14-27)26-11-15-28(16-12-26)31-22-45-35(47-31)32-8-7-20-51(32)37(53)34(24(2)3)49-39(55)57-5/h9-16,21-22,24,29,32,34H,6-8,17-20,23H2,1-5H3,(H,44,46)(H,45,47)(H,48,54)(H,49,55)/t29-,32-,34-/m0/s1. The Hall–Kier alpha value is -5.87. The molecule has 0 aliphatic carbocycles. The SMILES string of the molecule is CCCN(Cc1ncc(-c2ccc(-c3ccc(-c4cnc([C@@H]5CCCN5C(=O)[C@@H](NC(=O)OC)C(C)C)[nH]4)cc3)cc2)[nH]1)C(=O)[C@H](CCC(F)(F)F)NC(=O)OC. The number of H-pyrrole nitrogens is 2. The van der Waals surface area contributed by atoms with E-state index in [4.69, 9.17) is 4.74 Å². The first-order valence-corrected chi connectivity index (χ1v) is 18.9. The Morgan fingerprint density at radius 3 is 2.00 bits per heavy atom. The van der Waals surface area contributed by atoms with E-state index < -0.39 is 49.2 Å². The van der Waals surface area contributed by atoms with Crippen LogP contribution in [0.1, 0.15) is 70.6 Å². The Bertz CT molecular complexity index is 1980. The van der Waals surface area contributed by atoms with Gasteiger partial charge in [-0.2, -0.15) is 13.2 Å². The molecule has 3 heterocycles. The number of hydrogen-bond acceptors (Lipinski definition) is 8. The highest BCUT2D eigenvalue weighted by Crippen LogP contribution is 2.33. The van der Waals surface area contributed by atoms with Crippen molar-refractivity contribution in [2.75, 3.05) is 27.3 Å². The lowest BCUT2D eigenvalue weighted by Gasteiger charge is -2.30. The van der Waals surface area contributed by atoms with Crippen LogP contribution >= 0.6 is 0 Å². The van der Waals surface area contributed by atoms with Gasteiger partial charge in [-0.25, -0.2) is 19.6 Å². The summed E-state index contributed by atoms with van der Waals surface area (Å²) >= 11 is 0. The van der Waals surface area contributed by atoms with Gasteiger partial charge in [-0.05, 0) is 53.9 Å². The highest BCUT2D eigenvalue weighted by molar-refractivity contribution is 5.87. The molecule has 0 saturated carbocycles. The van der Waals surface area contributed by atoms with Crippen molar-refractivity contribution < 1.29 is 41.8 Å². The van der Waals surface area contributed by atoms with Gasteiger partial charge in [-0.1, -0.05) is 69.3 Å². The van der Waals surface area contributed by atoms with Crippen molar-refractivity contribution in [1.82, 2.24) is 40.4 Å². The van der Waals surface area contributed by atoms with Crippen molar-refractivity contribution >= 4 is 24.0 Å². The number of nitrogens with one attached hydrogen (secondary N) is 4. The van der Waals surface area contributed by atoms with Crippen LogP contribution in [0.4, 0.5) is 22.8 Å². The van der Waals surface area contributed by atoms with Gasteiger partial charge in [0.1, 0.15) is 23.7 Å². The molecule has 2 aromatic heterocycles. The second-order valence-electron chi connectivity index (χ2n) is 14.2. The lowest BCUT2D eigenvalue weighted by molar-refractivity contribution is -0.143. The summed E-state index contributed by atoms with van der Waals surface area (Å²) in [6, 6.07) is 13.4. The number of imidazole rings is 2. The average molecular weight is 795 g/mol. The summed E-state index contributed by atoms with van der Waals surface area (Å²) in [5.74, 6) is 0.155. The van der Waals surface area contributed by atoms with E-state index in [9.17, 15) is 32.3 Å².